The summed E-state index contributed by atoms with van der Waals surface area (Å²) in [6.07, 6.45) is 3.41. The molecule has 0 bridgehead atoms. The summed E-state index contributed by atoms with van der Waals surface area (Å²) in [6, 6.07) is 0. The second-order valence-electron chi connectivity index (χ2n) is 3.99. The van der Waals surface area contributed by atoms with Crippen molar-refractivity contribution in [2.24, 2.45) is 5.41 Å². The molecule has 2 nitrogen and oxygen atoms in total. The summed E-state index contributed by atoms with van der Waals surface area (Å²) in [5.74, 6) is 0.137. The van der Waals surface area contributed by atoms with Crippen LogP contribution in [0.25, 0.3) is 0 Å². The van der Waals surface area contributed by atoms with Gasteiger partial charge in [0.2, 0.25) is 5.91 Å². The van der Waals surface area contributed by atoms with Crippen LogP contribution in [0, 0.1) is 5.41 Å². The Morgan fingerprint density at radius 3 is 2.36 bits per heavy atom. The van der Waals surface area contributed by atoms with Crippen molar-refractivity contribution in [3.63, 3.8) is 0 Å². The quantitative estimate of drug-likeness (QED) is 0.565. The fourth-order valence-corrected chi connectivity index (χ4v) is 1.15. The molecule has 11 heavy (non-hydrogen) atoms. The summed E-state index contributed by atoms with van der Waals surface area (Å²) in [5.41, 5.74) is 1.53. The maximum absolute atomic E-state index is 10.8. The number of allylic oxidation sites excluding steroid dienone is 1. The lowest BCUT2D eigenvalue weighted by atomic mass is 9.83. The topological polar surface area (TPSA) is 29.1 Å². The Labute approximate surface area is 67.7 Å². The average molecular weight is 153 g/mol. The van der Waals surface area contributed by atoms with E-state index in [4.69, 9.17) is 0 Å². The zero-order valence-electron chi connectivity index (χ0n) is 7.40. The number of hydrogen-bond donors (Lipinski definition) is 1. The molecule has 1 N–H and O–H groups in total. The number of nitrogens with one attached hydrogen (secondary N) is 1. The summed E-state index contributed by atoms with van der Waals surface area (Å²) in [6.45, 7) is 6.49. The van der Waals surface area contributed by atoms with Gasteiger partial charge in [-0.2, -0.15) is 0 Å². The molecule has 0 atom stereocenters. The van der Waals surface area contributed by atoms with E-state index >= 15 is 0 Å². The van der Waals surface area contributed by atoms with Gasteiger partial charge < -0.3 is 5.32 Å². The Morgan fingerprint density at radius 1 is 1.36 bits per heavy atom. The molecule has 0 saturated carbocycles. The lowest BCUT2D eigenvalue weighted by Gasteiger charge is -2.25. The van der Waals surface area contributed by atoms with E-state index in [9.17, 15) is 4.79 Å². The predicted octanol–water partition coefficient (Wildman–Crippen LogP) is 1.83. The molecular formula is C9H15NO. The van der Waals surface area contributed by atoms with Crippen LogP contribution in [0.1, 0.15) is 33.6 Å². The first-order valence-corrected chi connectivity index (χ1v) is 3.99. The maximum Gasteiger partial charge on any atom is 0.224 e. The van der Waals surface area contributed by atoms with Crippen molar-refractivity contribution < 1.29 is 4.79 Å². The summed E-state index contributed by atoms with van der Waals surface area (Å²) in [7, 11) is 0. The highest BCUT2D eigenvalue weighted by atomic mass is 16.1. The largest absolute Gasteiger partial charge is 0.333 e. The van der Waals surface area contributed by atoms with Gasteiger partial charge in [-0.25, -0.2) is 0 Å². The van der Waals surface area contributed by atoms with Crippen LogP contribution in [-0.2, 0) is 4.79 Å². The van der Waals surface area contributed by atoms with Crippen molar-refractivity contribution in [3.8, 4) is 0 Å². The van der Waals surface area contributed by atoms with Gasteiger partial charge in [0.05, 0.1) is 0 Å². The molecule has 1 amide bonds. The zero-order valence-corrected chi connectivity index (χ0v) is 7.40. The number of carbonyl (C=O) groups is 1. The summed E-state index contributed by atoms with van der Waals surface area (Å²) in [4.78, 5) is 10.8. The number of carbonyl (C=O) groups excluding carboxylic acids is 1. The first kappa shape index (κ1) is 8.31. The second kappa shape index (κ2) is 2.68. The van der Waals surface area contributed by atoms with Gasteiger partial charge in [-0.05, 0) is 17.4 Å². The first-order chi connectivity index (χ1) is 5.00. The molecule has 0 spiro atoms. The highest BCUT2D eigenvalue weighted by Crippen LogP contribution is 2.29. The Balaban J connectivity index is 2.69. The minimum atomic E-state index is 0.137. The Morgan fingerprint density at radius 2 is 2.00 bits per heavy atom. The fourth-order valence-electron chi connectivity index (χ4n) is 1.15. The van der Waals surface area contributed by atoms with Crippen molar-refractivity contribution >= 4 is 5.91 Å². The standard InChI is InChI=1S/C9H15NO/c1-9(2,3)7-4-5-8(11)10-6-7/h6H,4-5H2,1-3H3,(H,10,11). The normalized spacial score (nSPS) is 19.2. The summed E-state index contributed by atoms with van der Waals surface area (Å²) in [5, 5.41) is 2.74. The molecule has 0 aliphatic carbocycles. The van der Waals surface area contributed by atoms with Crippen molar-refractivity contribution in [2.75, 3.05) is 0 Å². The third kappa shape index (κ3) is 2.07. The predicted molar refractivity (Wildman–Crippen MR) is 44.9 cm³/mol. The van der Waals surface area contributed by atoms with E-state index in [0.717, 1.165) is 6.42 Å². The fraction of sp³-hybridized carbons (Fsp3) is 0.667. The van der Waals surface area contributed by atoms with E-state index in [-0.39, 0.29) is 11.3 Å². The minimum absolute atomic E-state index is 0.137. The molecule has 2 heteroatoms. The van der Waals surface area contributed by atoms with Crippen LogP contribution >= 0.6 is 0 Å². The van der Waals surface area contributed by atoms with Gasteiger partial charge >= 0.3 is 0 Å². The SMILES string of the molecule is CC(C)(C)C1=CNC(=O)CC1. The summed E-state index contributed by atoms with van der Waals surface area (Å²) >= 11 is 0. The number of amides is 1. The third-order valence-corrected chi connectivity index (χ3v) is 1.99. The van der Waals surface area contributed by atoms with Gasteiger partial charge in [0, 0.05) is 12.6 Å². The molecule has 0 aromatic heterocycles. The van der Waals surface area contributed by atoms with E-state index in [2.05, 4.69) is 26.1 Å². The van der Waals surface area contributed by atoms with E-state index in [0.29, 0.717) is 6.42 Å². The smallest absolute Gasteiger partial charge is 0.224 e. The third-order valence-electron chi connectivity index (χ3n) is 1.99. The summed E-state index contributed by atoms with van der Waals surface area (Å²) < 4.78 is 0. The van der Waals surface area contributed by atoms with Crippen LogP contribution in [-0.4, -0.2) is 5.91 Å². The van der Waals surface area contributed by atoms with Crippen LogP contribution < -0.4 is 5.32 Å². The van der Waals surface area contributed by atoms with Crippen LogP contribution in [0.2, 0.25) is 0 Å². The van der Waals surface area contributed by atoms with E-state index in [1.165, 1.54) is 5.57 Å². The Hall–Kier alpha value is -0.790. The minimum Gasteiger partial charge on any atom is -0.333 e. The molecule has 62 valence electrons. The molecule has 1 heterocycles. The molecule has 0 aromatic rings. The maximum atomic E-state index is 10.8. The molecule has 1 rings (SSSR count). The number of rotatable bonds is 0. The average Bonchev–Trinajstić information content (AvgIpc) is 1.86. The molecule has 0 saturated heterocycles. The highest BCUT2D eigenvalue weighted by Gasteiger charge is 2.20. The van der Waals surface area contributed by atoms with Crippen molar-refractivity contribution in [1.82, 2.24) is 5.32 Å². The lowest BCUT2D eigenvalue weighted by Crippen LogP contribution is -2.25. The molecule has 0 unspecified atom stereocenters. The second-order valence-corrected chi connectivity index (χ2v) is 3.99. The number of hydrogen-bond acceptors (Lipinski definition) is 1. The van der Waals surface area contributed by atoms with Gasteiger partial charge in [-0.1, -0.05) is 20.8 Å². The van der Waals surface area contributed by atoms with Gasteiger partial charge in [0.15, 0.2) is 0 Å². The molecule has 1 aliphatic heterocycles. The van der Waals surface area contributed by atoms with Crippen molar-refractivity contribution in [1.29, 1.82) is 0 Å². The van der Waals surface area contributed by atoms with Crippen LogP contribution in [0.5, 0.6) is 0 Å². The Bertz CT molecular complexity index is 198. The van der Waals surface area contributed by atoms with Crippen LogP contribution in [0.4, 0.5) is 0 Å². The zero-order chi connectivity index (χ0) is 8.48. The molecule has 0 aromatic carbocycles. The van der Waals surface area contributed by atoms with Gasteiger partial charge in [-0.3, -0.25) is 4.79 Å². The van der Waals surface area contributed by atoms with Crippen molar-refractivity contribution in [3.05, 3.63) is 11.8 Å². The van der Waals surface area contributed by atoms with Crippen molar-refractivity contribution in [2.45, 2.75) is 33.6 Å². The monoisotopic (exact) mass is 153 g/mol. The van der Waals surface area contributed by atoms with Gasteiger partial charge in [0.25, 0.3) is 0 Å². The molecule has 0 radical (unpaired) electrons. The van der Waals surface area contributed by atoms with E-state index < -0.39 is 0 Å². The highest BCUT2D eigenvalue weighted by molar-refractivity contribution is 5.78. The van der Waals surface area contributed by atoms with E-state index in [1.54, 1.807) is 0 Å². The molecule has 1 aliphatic rings. The lowest BCUT2D eigenvalue weighted by molar-refractivity contribution is -0.120. The first-order valence-electron chi connectivity index (χ1n) is 3.99. The van der Waals surface area contributed by atoms with E-state index in [1.807, 2.05) is 6.20 Å². The van der Waals surface area contributed by atoms with Crippen LogP contribution in [0.3, 0.4) is 0 Å². The Kier molecular flexibility index (Phi) is 2.03. The van der Waals surface area contributed by atoms with Crippen LogP contribution in [0.15, 0.2) is 11.8 Å². The molecule has 0 fully saturated rings. The van der Waals surface area contributed by atoms with Gasteiger partial charge in [0.1, 0.15) is 0 Å². The molecular weight excluding hydrogens is 138 g/mol. The van der Waals surface area contributed by atoms with Gasteiger partial charge in [-0.15, -0.1) is 0 Å².